The van der Waals surface area contributed by atoms with E-state index in [0.29, 0.717) is 12.5 Å². The number of carbonyl (C=O) groups is 1. The van der Waals surface area contributed by atoms with Gasteiger partial charge in [0.25, 0.3) is 0 Å². The number of rotatable bonds is 4. The van der Waals surface area contributed by atoms with Crippen LogP contribution in [0.15, 0.2) is 0 Å². The standard InChI is InChI=1S/C12H21N3O/c1-12(2,9-13)6-7-14-10-4-5-11(16)15(3)8-10/h10,14H,4-8H2,1-3H3. The normalized spacial score (nSPS) is 22.0. The number of piperidine rings is 1. The van der Waals surface area contributed by atoms with Gasteiger partial charge >= 0.3 is 0 Å². The molecule has 90 valence electrons. The first-order valence-electron chi connectivity index (χ1n) is 5.83. The van der Waals surface area contributed by atoms with E-state index in [1.165, 1.54) is 0 Å². The van der Waals surface area contributed by atoms with Crippen LogP contribution < -0.4 is 5.32 Å². The number of likely N-dealkylation sites (tertiary alicyclic amines) is 1. The predicted molar refractivity (Wildman–Crippen MR) is 62.7 cm³/mol. The summed E-state index contributed by atoms with van der Waals surface area (Å²) in [6.45, 7) is 5.52. The number of nitrogens with zero attached hydrogens (tertiary/aromatic N) is 2. The van der Waals surface area contributed by atoms with Crippen LogP contribution in [0.1, 0.15) is 33.1 Å². The Hall–Kier alpha value is -1.08. The van der Waals surface area contributed by atoms with Crippen molar-refractivity contribution in [1.29, 1.82) is 5.26 Å². The minimum atomic E-state index is -0.261. The molecule has 1 atom stereocenters. The molecule has 1 rings (SSSR count). The molecule has 0 bridgehead atoms. The van der Waals surface area contributed by atoms with Crippen molar-refractivity contribution < 1.29 is 4.79 Å². The number of nitrogens with one attached hydrogen (secondary N) is 1. The maximum Gasteiger partial charge on any atom is 0.222 e. The molecule has 1 unspecified atom stereocenters. The average Bonchev–Trinajstić information content (AvgIpc) is 2.23. The summed E-state index contributed by atoms with van der Waals surface area (Å²) < 4.78 is 0. The van der Waals surface area contributed by atoms with Gasteiger partial charge in [0.15, 0.2) is 0 Å². The van der Waals surface area contributed by atoms with Crippen molar-refractivity contribution in [2.45, 2.75) is 39.2 Å². The fourth-order valence-corrected chi connectivity index (χ4v) is 1.82. The van der Waals surface area contributed by atoms with E-state index in [9.17, 15) is 4.79 Å². The summed E-state index contributed by atoms with van der Waals surface area (Å²) in [5.41, 5.74) is -0.261. The van der Waals surface area contributed by atoms with Gasteiger partial charge in [0.2, 0.25) is 5.91 Å². The van der Waals surface area contributed by atoms with Gasteiger partial charge in [0.05, 0.1) is 11.5 Å². The number of carbonyl (C=O) groups excluding carboxylic acids is 1. The zero-order chi connectivity index (χ0) is 12.2. The third-order valence-electron chi connectivity index (χ3n) is 3.11. The Kier molecular flexibility index (Phi) is 4.31. The van der Waals surface area contributed by atoms with Gasteiger partial charge in [-0.15, -0.1) is 0 Å². The van der Waals surface area contributed by atoms with Crippen LogP contribution in [0.4, 0.5) is 0 Å². The fourth-order valence-electron chi connectivity index (χ4n) is 1.82. The molecule has 0 aromatic heterocycles. The highest BCUT2D eigenvalue weighted by Gasteiger charge is 2.23. The Morgan fingerprint density at radius 2 is 2.31 bits per heavy atom. The second kappa shape index (κ2) is 5.31. The lowest BCUT2D eigenvalue weighted by atomic mass is 9.91. The minimum Gasteiger partial charge on any atom is -0.344 e. The minimum absolute atomic E-state index is 0.232. The van der Waals surface area contributed by atoms with Gasteiger partial charge in [-0.25, -0.2) is 0 Å². The van der Waals surface area contributed by atoms with E-state index in [1.54, 1.807) is 4.90 Å². The third-order valence-corrected chi connectivity index (χ3v) is 3.11. The van der Waals surface area contributed by atoms with Crippen molar-refractivity contribution >= 4 is 5.91 Å². The zero-order valence-electron chi connectivity index (χ0n) is 10.4. The summed E-state index contributed by atoms with van der Waals surface area (Å²) in [5.74, 6) is 0.232. The van der Waals surface area contributed by atoms with Gasteiger partial charge in [0.1, 0.15) is 0 Å². The van der Waals surface area contributed by atoms with Gasteiger partial charge < -0.3 is 10.2 Å². The molecule has 1 saturated heterocycles. The molecular formula is C12H21N3O. The van der Waals surface area contributed by atoms with Gasteiger partial charge in [-0.2, -0.15) is 5.26 Å². The topological polar surface area (TPSA) is 56.1 Å². The first kappa shape index (κ1) is 13.0. The molecule has 1 amide bonds. The Balaban J connectivity index is 2.25. The second-order valence-corrected chi connectivity index (χ2v) is 5.21. The molecule has 0 spiro atoms. The van der Waals surface area contributed by atoms with Gasteiger partial charge in [-0.1, -0.05) is 0 Å². The number of amides is 1. The molecule has 1 heterocycles. The highest BCUT2D eigenvalue weighted by Crippen LogP contribution is 2.18. The van der Waals surface area contributed by atoms with Crippen molar-refractivity contribution in [2.75, 3.05) is 20.1 Å². The summed E-state index contributed by atoms with van der Waals surface area (Å²) in [5, 5.41) is 12.3. The van der Waals surface area contributed by atoms with E-state index >= 15 is 0 Å². The van der Waals surface area contributed by atoms with Gasteiger partial charge in [-0.05, 0) is 33.2 Å². The summed E-state index contributed by atoms with van der Waals surface area (Å²) in [6.07, 6.45) is 2.39. The highest BCUT2D eigenvalue weighted by atomic mass is 16.2. The number of likely N-dealkylation sites (N-methyl/N-ethyl adjacent to an activating group) is 1. The molecule has 0 radical (unpaired) electrons. The molecule has 0 aromatic rings. The van der Waals surface area contributed by atoms with Crippen molar-refractivity contribution in [3.05, 3.63) is 0 Å². The van der Waals surface area contributed by atoms with Crippen LogP contribution in [-0.2, 0) is 4.79 Å². The zero-order valence-corrected chi connectivity index (χ0v) is 10.4. The van der Waals surface area contributed by atoms with Gasteiger partial charge in [0, 0.05) is 26.1 Å². The van der Waals surface area contributed by atoms with Crippen molar-refractivity contribution in [3.63, 3.8) is 0 Å². The maximum atomic E-state index is 11.3. The molecular weight excluding hydrogens is 202 g/mol. The Morgan fingerprint density at radius 3 is 2.88 bits per heavy atom. The van der Waals surface area contributed by atoms with Crippen LogP contribution >= 0.6 is 0 Å². The maximum absolute atomic E-state index is 11.3. The van der Waals surface area contributed by atoms with Crippen LogP contribution in [0, 0.1) is 16.7 Å². The summed E-state index contributed by atoms with van der Waals surface area (Å²) >= 11 is 0. The molecule has 0 aliphatic carbocycles. The first-order valence-corrected chi connectivity index (χ1v) is 5.83. The van der Waals surface area contributed by atoms with Gasteiger partial charge in [-0.3, -0.25) is 4.79 Å². The average molecular weight is 223 g/mol. The Labute approximate surface area is 97.6 Å². The van der Waals surface area contributed by atoms with Crippen LogP contribution in [0.3, 0.4) is 0 Å². The first-order chi connectivity index (χ1) is 7.44. The van der Waals surface area contributed by atoms with Crippen molar-refractivity contribution in [1.82, 2.24) is 10.2 Å². The number of hydrogen-bond acceptors (Lipinski definition) is 3. The van der Waals surface area contributed by atoms with E-state index in [1.807, 2.05) is 20.9 Å². The molecule has 1 aliphatic heterocycles. The Bertz CT molecular complexity index is 293. The molecule has 0 aromatic carbocycles. The lowest BCUT2D eigenvalue weighted by Gasteiger charge is -2.30. The summed E-state index contributed by atoms with van der Waals surface area (Å²) in [7, 11) is 1.84. The van der Waals surface area contributed by atoms with Crippen molar-refractivity contribution in [2.24, 2.45) is 5.41 Å². The molecule has 1 aliphatic rings. The van der Waals surface area contributed by atoms with Crippen LogP contribution in [0.2, 0.25) is 0 Å². The molecule has 1 fully saturated rings. The molecule has 4 heteroatoms. The summed E-state index contributed by atoms with van der Waals surface area (Å²) in [6, 6.07) is 2.68. The van der Waals surface area contributed by atoms with E-state index in [2.05, 4.69) is 11.4 Å². The second-order valence-electron chi connectivity index (χ2n) is 5.21. The number of nitriles is 1. The van der Waals surface area contributed by atoms with Crippen molar-refractivity contribution in [3.8, 4) is 6.07 Å². The molecule has 4 nitrogen and oxygen atoms in total. The van der Waals surface area contributed by atoms with E-state index in [0.717, 1.165) is 25.9 Å². The highest BCUT2D eigenvalue weighted by molar-refractivity contribution is 5.76. The van der Waals surface area contributed by atoms with Crippen LogP contribution in [-0.4, -0.2) is 37.0 Å². The SMILES string of the molecule is CN1CC(NCCC(C)(C)C#N)CCC1=O. The largest absolute Gasteiger partial charge is 0.344 e. The van der Waals surface area contributed by atoms with E-state index in [4.69, 9.17) is 5.26 Å². The lowest BCUT2D eigenvalue weighted by molar-refractivity contribution is -0.132. The summed E-state index contributed by atoms with van der Waals surface area (Å²) in [4.78, 5) is 13.0. The van der Waals surface area contributed by atoms with Crippen LogP contribution in [0.5, 0.6) is 0 Å². The molecule has 1 N–H and O–H groups in total. The number of hydrogen-bond donors (Lipinski definition) is 1. The molecule has 16 heavy (non-hydrogen) atoms. The predicted octanol–water partition coefficient (Wildman–Crippen LogP) is 1.14. The van der Waals surface area contributed by atoms with E-state index in [-0.39, 0.29) is 11.3 Å². The van der Waals surface area contributed by atoms with Crippen LogP contribution in [0.25, 0.3) is 0 Å². The molecule has 0 saturated carbocycles. The third kappa shape index (κ3) is 3.82. The van der Waals surface area contributed by atoms with E-state index < -0.39 is 0 Å². The lowest BCUT2D eigenvalue weighted by Crippen LogP contribution is -2.47. The fraction of sp³-hybridized carbons (Fsp3) is 0.833. The Morgan fingerprint density at radius 1 is 1.62 bits per heavy atom. The quantitative estimate of drug-likeness (QED) is 0.777. The monoisotopic (exact) mass is 223 g/mol. The smallest absolute Gasteiger partial charge is 0.222 e.